The van der Waals surface area contributed by atoms with Gasteiger partial charge in [-0.3, -0.25) is 4.84 Å². The first-order valence-electron chi connectivity index (χ1n) is 2.05. The van der Waals surface area contributed by atoms with Crippen molar-refractivity contribution in [1.82, 2.24) is 15.0 Å². The molecule has 0 aliphatic carbocycles. The molecule has 46 valence electrons. The Bertz CT molecular complexity index is 188. The van der Waals surface area contributed by atoms with Gasteiger partial charge in [-0.1, -0.05) is 0 Å². The van der Waals surface area contributed by atoms with Crippen LogP contribution >= 0.6 is 0 Å². The van der Waals surface area contributed by atoms with Gasteiger partial charge in [-0.2, -0.15) is 9.97 Å². The smallest absolute Gasteiger partial charge is 0.281 e. The van der Waals surface area contributed by atoms with Gasteiger partial charge in [-0.15, -0.1) is 4.91 Å². The highest BCUT2D eigenvalue weighted by Gasteiger charge is 1.91. The number of nitrogens with zero attached hydrogens (tertiary/aromatic N) is 4. The first kappa shape index (κ1) is 5.54. The van der Waals surface area contributed by atoms with E-state index in [0.717, 1.165) is 0 Å². The lowest BCUT2D eigenvalue weighted by atomic mass is 11.0. The summed E-state index contributed by atoms with van der Waals surface area (Å²) >= 11 is 0. The van der Waals surface area contributed by atoms with Crippen molar-refractivity contribution in [2.75, 3.05) is 0 Å². The Morgan fingerprint density at radius 1 is 1.44 bits per heavy atom. The molecule has 0 saturated carbocycles. The number of hydrogen-bond acceptors (Lipinski definition) is 6. The van der Waals surface area contributed by atoms with Crippen molar-refractivity contribution in [2.24, 2.45) is 5.34 Å². The molecule has 1 aromatic heterocycles. The maximum Gasteiger partial charge on any atom is 0.352 e. The normalized spacial score (nSPS) is 8.44. The molecule has 1 rings (SSSR count). The first-order valence-corrected chi connectivity index (χ1v) is 2.05. The van der Waals surface area contributed by atoms with Crippen LogP contribution in [0.2, 0.25) is 0 Å². The van der Waals surface area contributed by atoms with Gasteiger partial charge in [0.1, 0.15) is 12.7 Å². The van der Waals surface area contributed by atoms with Crippen molar-refractivity contribution in [1.29, 1.82) is 0 Å². The summed E-state index contributed by atoms with van der Waals surface area (Å²) in [5.41, 5.74) is 0. The summed E-state index contributed by atoms with van der Waals surface area (Å²) < 4.78 is 0. The molecule has 0 bridgehead atoms. The third kappa shape index (κ3) is 1.41. The fourth-order valence-corrected chi connectivity index (χ4v) is 0.309. The Labute approximate surface area is 49.9 Å². The van der Waals surface area contributed by atoms with Gasteiger partial charge in [0.15, 0.2) is 5.34 Å². The lowest BCUT2D eigenvalue weighted by Gasteiger charge is -1.86. The molecule has 0 amide bonds. The van der Waals surface area contributed by atoms with Crippen LogP contribution in [0.4, 0.5) is 0 Å². The van der Waals surface area contributed by atoms with Gasteiger partial charge in [-0.25, -0.2) is 4.98 Å². The zero-order valence-corrected chi connectivity index (χ0v) is 4.26. The summed E-state index contributed by atoms with van der Waals surface area (Å²) in [7, 11) is 0. The summed E-state index contributed by atoms with van der Waals surface area (Å²) in [5, 5.41) is 2.10. The lowest BCUT2D eigenvalue weighted by molar-refractivity contribution is 0.305. The summed E-state index contributed by atoms with van der Waals surface area (Å²) in [6, 6.07) is -0.0972. The van der Waals surface area contributed by atoms with E-state index in [0.29, 0.717) is 0 Å². The number of rotatable bonds is 2. The molecule has 0 aliphatic rings. The zero-order chi connectivity index (χ0) is 6.53. The van der Waals surface area contributed by atoms with E-state index < -0.39 is 0 Å². The molecule has 0 atom stereocenters. The molecule has 6 nitrogen and oxygen atoms in total. The van der Waals surface area contributed by atoms with Crippen LogP contribution in [0, 0.1) is 4.91 Å². The third-order valence-corrected chi connectivity index (χ3v) is 0.589. The van der Waals surface area contributed by atoms with E-state index in [-0.39, 0.29) is 6.01 Å². The Morgan fingerprint density at radius 3 is 2.67 bits per heavy atom. The van der Waals surface area contributed by atoms with Gasteiger partial charge in [0.25, 0.3) is 0 Å². The minimum absolute atomic E-state index is 0.0972. The maximum atomic E-state index is 9.40. The second kappa shape index (κ2) is 2.65. The topological polar surface area (TPSA) is 77.3 Å². The van der Waals surface area contributed by atoms with Crippen LogP contribution in [-0.4, -0.2) is 15.0 Å². The summed E-state index contributed by atoms with van der Waals surface area (Å²) in [6.45, 7) is 0. The van der Waals surface area contributed by atoms with E-state index in [1.807, 2.05) is 0 Å². The molecule has 0 spiro atoms. The average molecular weight is 126 g/mol. The molecule has 0 fully saturated rings. The van der Waals surface area contributed by atoms with Crippen LogP contribution in [0.5, 0.6) is 6.01 Å². The molecule has 1 aromatic rings. The van der Waals surface area contributed by atoms with Gasteiger partial charge in [0.05, 0.1) is 0 Å². The molecule has 0 saturated heterocycles. The fraction of sp³-hybridized carbons (Fsp3) is 0. The standard InChI is InChI=1S/C3H2N4O2/c8-7-9-3-5-1-4-2-6-3/h1-2H. The zero-order valence-electron chi connectivity index (χ0n) is 4.26. The van der Waals surface area contributed by atoms with Gasteiger partial charge >= 0.3 is 6.01 Å². The molecule has 0 aliphatic heterocycles. The lowest BCUT2D eigenvalue weighted by Crippen LogP contribution is -1.88. The van der Waals surface area contributed by atoms with Crippen molar-refractivity contribution in [3.8, 4) is 6.01 Å². The van der Waals surface area contributed by atoms with Crippen molar-refractivity contribution >= 4 is 0 Å². The Hall–Kier alpha value is -1.59. The molecule has 0 N–H and O–H groups in total. The monoisotopic (exact) mass is 126 g/mol. The van der Waals surface area contributed by atoms with Crippen LogP contribution < -0.4 is 4.84 Å². The predicted octanol–water partition coefficient (Wildman–Crippen LogP) is -0.0682. The molecule has 1 heterocycles. The van der Waals surface area contributed by atoms with Gasteiger partial charge in [0.2, 0.25) is 0 Å². The SMILES string of the molecule is O=NOc1ncncn1. The maximum absolute atomic E-state index is 9.40. The van der Waals surface area contributed by atoms with E-state index in [4.69, 9.17) is 0 Å². The predicted molar refractivity (Wildman–Crippen MR) is 26.2 cm³/mol. The summed E-state index contributed by atoms with van der Waals surface area (Å²) in [4.78, 5) is 23.8. The summed E-state index contributed by atoms with van der Waals surface area (Å²) in [5.74, 6) is 0. The highest BCUT2D eigenvalue weighted by Crippen LogP contribution is 1.93. The van der Waals surface area contributed by atoms with Crippen LogP contribution in [0.3, 0.4) is 0 Å². The fourth-order valence-electron chi connectivity index (χ4n) is 0.309. The van der Waals surface area contributed by atoms with Crippen LogP contribution in [0.25, 0.3) is 0 Å². The number of aromatic nitrogens is 3. The van der Waals surface area contributed by atoms with Crippen molar-refractivity contribution < 1.29 is 4.84 Å². The van der Waals surface area contributed by atoms with Gasteiger partial charge < -0.3 is 0 Å². The second-order valence-corrected chi connectivity index (χ2v) is 1.09. The van der Waals surface area contributed by atoms with Crippen LogP contribution in [-0.2, 0) is 0 Å². The van der Waals surface area contributed by atoms with Gasteiger partial charge in [-0.05, 0) is 0 Å². The molecule has 6 heteroatoms. The minimum atomic E-state index is -0.0972. The van der Waals surface area contributed by atoms with E-state index in [1.54, 1.807) is 0 Å². The van der Waals surface area contributed by atoms with Crippen LogP contribution in [0.15, 0.2) is 18.0 Å². The quantitative estimate of drug-likeness (QED) is 0.409. The largest absolute Gasteiger partial charge is 0.352 e. The van der Waals surface area contributed by atoms with E-state index >= 15 is 0 Å². The second-order valence-electron chi connectivity index (χ2n) is 1.09. The van der Waals surface area contributed by atoms with Crippen LogP contribution in [0.1, 0.15) is 0 Å². The van der Waals surface area contributed by atoms with Crippen molar-refractivity contribution in [3.05, 3.63) is 17.6 Å². The summed E-state index contributed by atoms with van der Waals surface area (Å²) in [6.07, 6.45) is 2.40. The van der Waals surface area contributed by atoms with E-state index in [9.17, 15) is 4.91 Å². The molecule has 0 unspecified atom stereocenters. The third-order valence-electron chi connectivity index (χ3n) is 0.589. The van der Waals surface area contributed by atoms with E-state index in [1.165, 1.54) is 12.7 Å². The van der Waals surface area contributed by atoms with E-state index in [2.05, 4.69) is 25.1 Å². The molecular formula is C3H2N4O2. The molecule has 0 aromatic carbocycles. The van der Waals surface area contributed by atoms with Crippen molar-refractivity contribution in [2.45, 2.75) is 0 Å². The minimum Gasteiger partial charge on any atom is -0.281 e. The highest BCUT2D eigenvalue weighted by molar-refractivity contribution is 4.85. The Kier molecular flexibility index (Phi) is 1.63. The first-order chi connectivity index (χ1) is 4.43. The highest BCUT2D eigenvalue weighted by atomic mass is 16.7. The van der Waals surface area contributed by atoms with Gasteiger partial charge in [0, 0.05) is 0 Å². The Morgan fingerprint density at radius 2 is 2.11 bits per heavy atom. The molecule has 9 heavy (non-hydrogen) atoms. The molecular weight excluding hydrogens is 124 g/mol. The molecule has 0 radical (unpaired) electrons. The Balaban J connectivity index is 2.72. The van der Waals surface area contributed by atoms with Crippen molar-refractivity contribution in [3.63, 3.8) is 0 Å². The number of hydrogen-bond donors (Lipinski definition) is 0. The average Bonchev–Trinajstić information content (AvgIpc) is 1.91.